The van der Waals surface area contributed by atoms with E-state index in [1.54, 1.807) is 0 Å². The van der Waals surface area contributed by atoms with Crippen LogP contribution in [0.4, 0.5) is 34.1 Å². The van der Waals surface area contributed by atoms with Crippen LogP contribution in [-0.2, 0) is 21.7 Å². The fraction of sp³-hybridized carbons (Fsp3) is 0.253. The molecule has 80 heavy (non-hydrogen) atoms. The molecular weight excluding hydrogens is 1100 g/mol. The second-order valence-corrected chi connectivity index (χ2v) is 31.0. The molecule has 2 nitrogen and oxygen atoms in total. The zero-order chi connectivity index (χ0) is 55.8. The van der Waals surface area contributed by atoms with Crippen LogP contribution in [0.3, 0.4) is 0 Å². The first-order valence-electron chi connectivity index (χ1n) is 28.9. The van der Waals surface area contributed by atoms with Crippen molar-refractivity contribution in [1.29, 1.82) is 0 Å². The molecule has 0 unspecified atom stereocenters. The average molecular weight is 1170 g/mol. The van der Waals surface area contributed by atoms with Crippen molar-refractivity contribution in [1.82, 2.24) is 0 Å². The molecule has 2 aliphatic heterocycles. The van der Waals surface area contributed by atoms with E-state index < -0.39 is 0 Å². The van der Waals surface area contributed by atoms with E-state index in [9.17, 15) is 0 Å². The molecule has 0 amide bonds. The van der Waals surface area contributed by atoms with Crippen molar-refractivity contribution in [3.63, 3.8) is 0 Å². The molecule has 13 rings (SSSR count). The molecule has 0 radical (unpaired) electrons. The average Bonchev–Trinajstić information content (AvgIpc) is 3.58. The first kappa shape index (κ1) is 52.7. The Balaban J connectivity index is 1.09. The van der Waals surface area contributed by atoms with Crippen LogP contribution < -0.4 is 46.7 Å². The first-order chi connectivity index (χ1) is 38.2. The number of alkyl halides is 1. The molecule has 0 fully saturated rings. The third-order valence-electron chi connectivity index (χ3n) is 17.1. The van der Waals surface area contributed by atoms with Crippen LogP contribution in [0.5, 0.6) is 0 Å². The molecule has 0 N–H and O–H groups in total. The summed E-state index contributed by atoms with van der Waals surface area (Å²) in [5.74, 6) is 0. The Kier molecular flexibility index (Phi) is 12.7. The summed E-state index contributed by atoms with van der Waals surface area (Å²) >= 11 is 1.83. The molecular formula is C75H73BIN2S-. The molecule has 5 heteroatoms. The van der Waals surface area contributed by atoms with Gasteiger partial charge >= 0.3 is 376 Å². The van der Waals surface area contributed by atoms with Gasteiger partial charge in [-0.2, -0.15) is 0 Å². The molecule has 0 saturated carbocycles. The number of nitrogens with zero attached hydrogens (tertiary/aromatic N) is 2. The van der Waals surface area contributed by atoms with E-state index in [2.05, 4.69) is 282 Å². The van der Waals surface area contributed by atoms with Crippen molar-refractivity contribution in [3.05, 3.63) is 208 Å². The van der Waals surface area contributed by atoms with E-state index in [1.165, 1.54) is 151 Å². The Morgan fingerprint density at radius 3 is 1.62 bits per heavy atom. The van der Waals surface area contributed by atoms with Gasteiger partial charge in [-0.15, -0.1) is 0 Å². The number of hydrogen-bond donors (Lipinski definition) is 0. The van der Waals surface area contributed by atoms with Gasteiger partial charge in [-0.05, 0) is 27.3 Å². The van der Waals surface area contributed by atoms with Crippen LogP contribution in [0, 0.1) is 3.57 Å². The number of halogens is 1. The monoisotopic (exact) mass is 1170 g/mol. The molecule has 400 valence electrons. The predicted octanol–water partition coefficient (Wildman–Crippen LogP) is 16.6. The molecule has 0 spiro atoms. The van der Waals surface area contributed by atoms with Crippen molar-refractivity contribution in [3.8, 4) is 22.3 Å². The van der Waals surface area contributed by atoms with Crippen molar-refractivity contribution in [2.75, 3.05) is 14.2 Å². The zero-order valence-corrected chi connectivity index (χ0v) is 52.0. The second-order valence-electron chi connectivity index (χ2n) is 26.8. The van der Waals surface area contributed by atoms with Crippen molar-refractivity contribution in [2.45, 2.75) is 118 Å². The van der Waals surface area contributed by atoms with Crippen LogP contribution in [0.25, 0.3) is 64.7 Å². The fourth-order valence-corrected chi connectivity index (χ4v) is 16.1. The van der Waals surface area contributed by atoms with E-state index in [0.717, 1.165) is 0 Å². The van der Waals surface area contributed by atoms with Crippen LogP contribution in [0.1, 0.15) is 119 Å². The summed E-state index contributed by atoms with van der Waals surface area (Å²) in [7, 11) is 0. The maximum atomic E-state index is 2.66. The Bertz CT molecular complexity index is 4240. The summed E-state index contributed by atoms with van der Waals surface area (Å²) in [5, 5.41) is 9.09. The molecule has 0 saturated heterocycles. The zero-order valence-electron chi connectivity index (χ0n) is 49.0. The van der Waals surface area contributed by atoms with Crippen LogP contribution >= 0.6 is 11.3 Å². The Morgan fingerprint density at radius 1 is 0.412 bits per heavy atom. The summed E-state index contributed by atoms with van der Waals surface area (Å²) in [4.78, 5) is 5.32. The summed E-state index contributed by atoms with van der Waals surface area (Å²) in [5.41, 5.74) is 20.5. The van der Waals surface area contributed by atoms with Gasteiger partial charge in [0.05, 0.1) is 0 Å². The Hall–Kier alpha value is -6.67. The van der Waals surface area contributed by atoms with Gasteiger partial charge in [0.25, 0.3) is 0 Å². The van der Waals surface area contributed by atoms with Gasteiger partial charge in [0.1, 0.15) is 0 Å². The minimum absolute atomic E-state index is 0.00109. The summed E-state index contributed by atoms with van der Waals surface area (Å²) in [6, 6.07) is 71.5. The molecule has 11 aromatic rings. The third-order valence-corrected chi connectivity index (χ3v) is 21.5. The number of fused-ring (bicyclic) bond motifs is 12. The van der Waals surface area contributed by atoms with Gasteiger partial charge in [0.2, 0.25) is 0 Å². The van der Waals surface area contributed by atoms with Gasteiger partial charge in [-0.1, -0.05) is 90.1 Å². The number of thiophene rings is 1. The summed E-state index contributed by atoms with van der Waals surface area (Å²) in [6.45, 7) is 30.5. The Labute approximate surface area is 490 Å². The third kappa shape index (κ3) is 8.88. The van der Waals surface area contributed by atoms with Gasteiger partial charge in [0.15, 0.2) is 0 Å². The molecule has 0 bridgehead atoms. The van der Waals surface area contributed by atoms with Gasteiger partial charge in [0, 0.05) is 0 Å². The SMILES string of the molecule is CCC[I-]c1ccc2c(c1)B1c3sc4ccc(C(C)(C)C)cc4c3N(c3cccc(-c4cc(C(C)(C)C)cc(C(C)(C)C)c4)c3)c3cccc(c31)N2c1ccc(C(C)(C)C)cc1-c1ccc2c3ccccc3c3ccccc3c2c1. The quantitative estimate of drug-likeness (QED) is 0.0679. The first-order valence-corrected chi connectivity index (χ1v) is 32.4. The van der Waals surface area contributed by atoms with Gasteiger partial charge < -0.3 is 0 Å². The standard InChI is InChI=1S/C75H73BIN2S/c1-14-37-77-53-32-35-65-63(45-53)76-69-66(78(70-62-44-50(73(5,6)7)31-36-68(62)80-71(70)76)54-22-19-21-46(40-54)48-38-51(74(8,9)10)42-52(39-48)75(11,12)13)27-20-28-67(69)79(65)64-34-30-49(72(2,3)4)43-60(64)47-29-33-59-57-25-16-15-23-55(57)56-24-17-18-26-58(56)61(59)41-47/h15-36,38-45H,14,37H2,1-13H3/q-1. The number of benzene rings is 10. The molecule has 2 aliphatic rings. The van der Waals surface area contributed by atoms with E-state index >= 15 is 0 Å². The second kappa shape index (κ2) is 19.2. The number of anilines is 6. The van der Waals surface area contributed by atoms with Gasteiger partial charge in [-0.25, -0.2) is 0 Å². The fourth-order valence-electron chi connectivity index (χ4n) is 12.7. The molecule has 0 atom stereocenters. The Morgan fingerprint density at radius 2 is 0.988 bits per heavy atom. The van der Waals surface area contributed by atoms with E-state index in [0.29, 0.717) is 0 Å². The summed E-state index contributed by atoms with van der Waals surface area (Å²) in [6.07, 6.45) is 1.20. The van der Waals surface area contributed by atoms with Crippen LogP contribution in [0.2, 0.25) is 0 Å². The molecule has 10 aromatic carbocycles. The molecule has 1 aromatic heterocycles. The minimum atomic E-state index is -0.173. The van der Waals surface area contributed by atoms with E-state index in [-0.39, 0.29) is 49.6 Å². The topological polar surface area (TPSA) is 6.48 Å². The summed E-state index contributed by atoms with van der Waals surface area (Å²) < 4.78 is 5.54. The predicted molar refractivity (Wildman–Crippen MR) is 348 cm³/mol. The van der Waals surface area contributed by atoms with Crippen molar-refractivity contribution >= 4 is 110 Å². The van der Waals surface area contributed by atoms with E-state index in [4.69, 9.17) is 0 Å². The maximum absolute atomic E-state index is 2.66. The van der Waals surface area contributed by atoms with Crippen LogP contribution in [-0.4, -0.2) is 11.1 Å². The van der Waals surface area contributed by atoms with Crippen molar-refractivity contribution in [2.24, 2.45) is 0 Å². The van der Waals surface area contributed by atoms with Crippen LogP contribution in [0.15, 0.2) is 182 Å². The normalized spacial score (nSPS) is 13.7. The van der Waals surface area contributed by atoms with Gasteiger partial charge in [-0.3, -0.25) is 0 Å². The number of hydrogen-bond acceptors (Lipinski definition) is 3. The molecule has 0 aliphatic carbocycles. The number of rotatable bonds is 7. The van der Waals surface area contributed by atoms with Crippen molar-refractivity contribution < 1.29 is 21.2 Å². The molecule has 3 heterocycles. The van der Waals surface area contributed by atoms with E-state index in [1.807, 2.05) is 11.3 Å².